The van der Waals surface area contributed by atoms with Crippen LogP contribution in [-0.2, 0) is 6.18 Å². The van der Waals surface area contributed by atoms with Gasteiger partial charge in [-0.25, -0.2) is 4.79 Å². The molecule has 0 fully saturated rings. The van der Waals surface area contributed by atoms with Gasteiger partial charge < -0.3 is 14.6 Å². The van der Waals surface area contributed by atoms with E-state index in [-0.39, 0.29) is 5.75 Å². The van der Waals surface area contributed by atoms with Crippen LogP contribution in [-0.4, -0.2) is 25.3 Å². The van der Waals surface area contributed by atoms with Crippen LogP contribution in [0, 0.1) is 0 Å². The number of carboxylic acids is 1. The quantitative estimate of drug-likeness (QED) is 0.895. The lowest BCUT2D eigenvalue weighted by molar-refractivity contribution is -0.138. The number of rotatable bonds is 3. The van der Waals surface area contributed by atoms with Crippen LogP contribution in [0.15, 0.2) is 12.1 Å². The second-order valence-corrected chi connectivity index (χ2v) is 3.03. The third-order valence-electron chi connectivity index (χ3n) is 2.06. The van der Waals surface area contributed by atoms with Crippen LogP contribution < -0.4 is 9.47 Å². The molecular weight excluding hydrogens is 241 g/mol. The molecule has 0 amide bonds. The Morgan fingerprint density at radius 3 is 2.18 bits per heavy atom. The number of carboxylic acid groups (broad SMARTS) is 1. The van der Waals surface area contributed by atoms with E-state index >= 15 is 0 Å². The molecule has 0 unspecified atom stereocenters. The predicted molar refractivity (Wildman–Crippen MR) is 51.5 cm³/mol. The van der Waals surface area contributed by atoms with E-state index in [1.165, 1.54) is 7.11 Å². The molecular formula is C10H9F3O4. The van der Waals surface area contributed by atoms with E-state index in [1.807, 2.05) is 0 Å². The summed E-state index contributed by atoms with van der Waals surface area (Å²) in [6, 6.07) is 1.65. The van der Waals surface area contributed by atoms with Crippen LogP contribution in [0.1, 0.15) is 15.9 Å². The summed E-state index contributed by atoms with van der Waals surface area (Å²) >= 11 is 0. The fraction of sp³-hybridized carbons (Fsp3) is 0.300. The molecule has 0 aliphatic heterocycles. The summed E-state index contributed by atoms with van der Waals surface area (Å²) in [5.41, 5.74) is -2.23. The molecule has 1 aromatic rings. The second kappa shape index (κ2) is 4.52. The Labute approximate surface area is 94.6 Å². The van der Waals surface area contributed by atoms with Crippen molar-refractivity contribution in [3.05, 3.63) is 23.3 Å². The van der Waals surface area contributed by atoms with E-state index in [2.05, 4.69) is 4.74 Å². The van der Waals surface area contributed by atoms with Crippen molar-refractivity contribution in [3.63, 3.8) is 0 Å². The van der Waals surface area contributed by atoms with Crippen molar-refractivity contribution in [2.24, 2.45) is 0 Å². The number of benzene rings is 1. The van der Waals surface area contributed by atoms with Gasteiger partial charge in [-0.2, -0.15) is 13.2 Å². The highest BCUT2D eigenvalue weighted by Crippen LogP contribution is 2.40. The molecule has 4 nitrogen and oxygen atoms in total. The largest absolute Gasteiger partial charge is 0.493 e. The van der Waals surface area contributed by atoms with E-state index in [9.17, 15) is 18.0 Å². The highest BCUT2D eigenvalue weighted by molar-refractivity contribution is 5.94. The first-order chi connectivity index (χ1) is 7.82. The van der Waals surface area contributed by atoms with Crippen LogP contribution in [0.2, 0.25) is 0 Å². The van der Waals surface area contributed by atoms with Crippen LogP contribution in [0.25, 0.3) is 0 Å². The number of alkyl halides is 3. The van der Waals surface area contributed by atoms with Crippen molar-refractivity contribution < 1.29 is 32.5 Å². The van der Waals surface area contributed by atoms with E-state index in [0.29, 0.717) is 6.07 Å². The zero-order valence-electron chi connectivity index (χ0n) is 8.96. The van der Waals surface area contributed by atoms with Gasteiger partial charge in [-0.15, -0.1) is 0 Å². The van der Waals surface area contributed by atoms with Crippen LogP contribution >= 0.6 is 0 Å². The zero-order chi connectivity index (χ0) is 13.2. The van der Waals surface area contributed by atoms with Gasteiger partial charge in [0.2, 0.25) is 0 Å². The van der Waals surface area contributed by atoms with Gasteiger partial charge in [-0.05, 0) is 12.1 Å². The molecule has 17 heavy (non-hydrogen) atoms. The van der Waals surface area contributed by atoms with Gasteiger partial charge in [0.25, 0.3) is 0 Å². The van der Waals surface area contributed by atoms with Crippen molar-refractivity contribution in [3.8, 4) is 11.5 Å². The molecule has 0 saturated heterocycles. The molecule has 0 heterocycles. The first kappa shape index (κ1) is 13.1. The Morgan fingerprint density at radius 2 is 1.82 bits per heavy atom. The Morgan fingerprint density at radius 1 is 1.24 bits per heavy atom. The van der Waals surface area contributed by atoms with E-state index in [1.54, 1.807) is 0 Å². The minimum Gasteiger partial charge on any atom is -0.493 e. The monoisotopic (exact) mass is 250 g/mol. The van der Waals surface area contributed by atoms with E-state index in [4.69, 9.17) is 9.84 Å². The predicted octanol–water partition coefficient (Wildman–Crippen LogP) is 2.42. The molecule has 0 atom stereocenters. The average molecular weight is 250 g/mol. The molecule has 94 valence electrons. The number of hydrogen-bond acceptors (Lipinski definition) is 3. The van der Waals surface area contributed by atoms with Gasteiger partial charge in [0.05, 0.1) is 19.8 Å². The lowest BCUT2D eigenvalue weighted by Crippen LogP contribution is -2.14. The molecule has 0 bridgehead atoms. The molecule has 1 aromatic carbocycles. The van der Waals surface area contributed by atoms with Gasteiger partial charge in [-0.3, -0.25) is 0 Å². The maximum absolute atomic E-state index is 12.6. The molecule has 0 aliphatic rings. The van der Waals surface area contributed by atoms with Gasteiger partial charge in [0, 0.05) is 0 Å². The molecule has 0 spiro atoms. The number of ether oxygens (including phenoxy) is 2. The van der Waals surface area contributed by atoms with Crippen LogP contribution in [0.4, 0.5) is 13.2 Å². The van der Waals surface area contributed by atoms with Gasteiger partial charge >= 0.3 is 12.1 Å². The fourth-order valence-electron chi connectivity index (χ4n) is 1.38. The van der Waals surface area contributed by atoms with Crippen molar-refractivity contribution in [2.75, 3.05) is 14.2 Å². The second-order valence-electron chi connectivity index (χ2n) is 3.03. The molecule has 0 saturated carbocycles. The first-order valence-electron chi connectivity index (χ1n) is 4.38. The van der Waals surface area contributed by atoms with Crippen LogP contribution in [0.3, 0.4) is 0 Å². The highest BCUT2D eigenvalue weighted by Gasteiger charge is 2.38. The molecule has 1 N–H and O–H groups in total. The minimum atomic E-state index is -4.77. The lowest BCUT2D eigenvalue weighted by atomic mass is 10.1. The summed E-state index contributed by atoms with van der Waals surface area (Å²) in [6.45, 7) is 0. The molecule has 1 rings (SSSR count). The average Bonchev–Trinajstić information content (AvgIpc) is 2.25. The summed E-state index contributed by atoms with van der Waals surface area (Å²) in [6.07, 6.45) is -4.77. The minimum absolute atomic E-state index is 0.0714. The third-order valence-corrected chi connectivity index (χ3v) is 2.06. The normalized spacial score (nSPS) is 11.1. The van der Waals surface area contributed by atoms with Crippen LogP contribution in [0.5, 0.6) is 11.5 Å². The molecule has 7 heteroatoms. The van der Waals surface area contributed by atoms with Crippen molar-refractivity contribution in [1.82, 2.24) is 0 Å². The van der Waals surface area contributed by atoms with E-state index in [0.717, 1.165) is 13.2 Å². The number of halogens is 3. The highest BCUT2D eigenvalue weighted by atomic mass is 19.4. The van der Waals surface area contributed by atoms with Gasteiger partial charge in [0.1, 0.15) is 5.56 Å². The third kappa shape index (κ3) is 2.43. The summed E-state index contributed by atoms with van der Waals surface area (Å²) in [5, 5.41) is 8.83. The van der Waals surface area contributed by atoms with Crippen molar-refractivity contribution in [2.45, 2.75) is 6.18 Å². The van der Waals surface area contributed by atoms with E-state index < -0.39 is 29.0 Å². The number of carbonyl (C=O) groups is 1. The van der Waals surface area contributed by atoms with Gasteiger partial charge in [-0.1, -0.05) is 0 Å². The molecule has 0 aromatic heterocycles. The topological polar surface area (TPSA) is 55.8 Å². The summed E-state index contributed by atoms with van der Waals surface area (Å²) < 4.78 is 47.2. The Balaban J connectivity index is 3.59. The summed E-state index contributed by atoms with van der Waals surface area (Å²) in [7, 11) is 2.28. The number of aromatic carboxylic acids is 1. The Bertz CT molecular complexity index is 440. The fourth-order valence-corrected chi connectivity index (χ4v) is 1.38. The Kier molecular flexibility index (Phi) is 3.50. The maximum atomic E-state index is 12.6. The van der Waals surface area contributed by atoms with Crippen molar-refractivity contribution >= 4 is 5.97 Å². The van der Waals surface area contributed by atoms with Crippen molar-refractivity contribution in [1.29, 1.82) is 0 Å². The smallest absolute Gasteiger partial charge is 0.417 e. The maximum Gasteiger partial charge on any atom is 0.417 e. The standard InChI is InChI=1S/C10H9F3O4/c1-16-6-4-3-5(10(11,12)13)7(9(14)15)8(6)17-2/h3-4H,1-2H3,(H,14,15). The summed E-state index contributed by atoms with van der Waals surface area (Å²) in [4.78, 5) is 10.9. The zero-order valence-corrected chi connectivity index (χ0v) is 8.96. The molecule has 0 aliphatic carbocycles. The molecule has 0 radical (unpaired) electrons. The van der Waals surface area contributed by atoms with Gasteiger partial charge in [0.15, 0.2) is 11.5 Å². The number of methoxy groups -OCH3 is 2. The number of hydrogen-bond donors (Lipinski definition) is 1. The lowest BCUT2D eigenvalue weighted by Gasteiger charge is -2.15. The Hall–Kier alpha value is -1.92. The SMILES string of the molecule is COc1ccc(C(F)(F)F)c(C(=O)O)c1OC. The first-order valence-corrected chi connectivity index (χ1v) is 4.38. The summed E-state index contributed by atoms with van der Waals surface area (Å²) in [5.74, 6) is -2.25.